The summed E-state index contributed by atoms with van der Waals surface area (Å²) >= 11 is 0. The fourth-order valence-corrected chi connectivity index (χ4v) is 2.41. The molecule has 4 nitrogen and oxygen atoms in total. The Labute approximate surface area is 127 Å². The predicted octanol–water partition coefficient (Wildman–Crippen LogP) is 2.63. The van der Waals surface area contributed by atoms with E-state index in [1.807, 2.05) is 30.3 Å². The van der Waals surface area contributed by atoms with Crippen LogP contribution in [0.3, 0.4) is 0 Å². The molecule has 1 fully saturated rings. The first-order valence-electron chi connectivity index (χ1n) is 7.08. The highest BCUT2D eigenvalue weighted by Crippen LogP contribution is 2.23. The number of rotatable bonds is 3. The van der Waals surface area contributed by atoms with Crippen LogP contribution in [0.2, 0.25) is 0 Å². The third-order valence-electron chi connectivity index (χ3n) is 3.57. The van der Waals surface area contributed by atoms with E-state index in [2.05, 4.69) is 0 Å². The average molecular weight is 301 g/mol. The van der Waals surface area contributed by atoms with E-state index in [9.17, 15) is 14.3 Å². The molecule has 114 valence electrons. The lowest BCUT2D eigenvalue weighted by atomic mass is 10.2. The average Bonchev–Trinajstić information content (AvgIpc) is 2.87. The summed E-state index contributed by atoms with van der Waals surface area (Å²) in [5.74, 6) is 0.902. The van der Waals surface area contributed by atoms with Crippen LogP contribution in [-0.2, 0) is 0 Å². The van der Waals surface area contributed by atoms with E-state index in [4.69, 9.17) is 4.74 Å². The first-order chi connectivity index (χ1) is 10.6. The van der Waals surface area contributed by atoms with Gasteiger partial charge in [-0.1, -0.05) is 24.3 Å². The molecule has 2 aromatic rings. The van der Waals surface area contributed by atoms with Crippen molar-refractivity contribution in [1.82, 2.24) is 4.90 Å². The van der Waals surface area contributed by atoms with Gasteiger partial charge in [0.1, 0.15) is 23.8 Å². The molecule has 0 aliphatic carbocycles. The first-order valence-corrected chi connectivity index (χ1v) is 7.08. The Balaban J connectivity index is 1.75. The smallest absolute Gasteiger partial charge is 0.254 e. The highest BCUT2D eigenvalue weighted by Gasteiger charge is 2.34. The van der Waals surface area contributed by atoms with E-state index < -0.39 is 12.3 Å². The molecule has 1 N–H and O–H groups in total. The Morgan fingerprint density at radius 2 is 1.82 bits per heavy atom. The van der Waals surface area contributed by atoms with E-state index in [-0.39, 0.29) is 19.0 Å². The molecule has 3 rings (SSSR count). The molecular weight excluding hydrogens is 285 g/mol. The van der Waals surface area contributed by atoms with Gasteiger partial charge in [-0.05, 0) is 30.3 Å². The van der Waals surface area contributed by atoms with Gasteiger partial charge in [0.15, 0.2) is 0 Å². The van der Waals surface area contributed by atoms with Gasteiger partial charge < -0.3 is 14.7 Å². The van der Waals surface area contributed by atoms with Gasteiger partial charge in [-0.15, -0.1) is 0 Å². The second-order valence-electron chi connectivity index (χ2n) is 5.24. The zero-order valence-corrected chi connectivity index (χ0v) is 11.9. The lowest BCUT2D eigenvalue weighted by Crippen LogP contribution is -2.29. The van der Waals surface area contributed by atoms with Crippen molar-refractivity contribution in [1.29, 1.82) is 0 Å². The van der Waals surface area contributed by atoms with Crippen LogP contribution >= 0.6 is 0 Å². The van der Waals surface area contributed by atoms with Gasteiger partial charge in [0.05, 0.1) is 6.54 Å². The van der Waals surface area contributed by atoms with Crippen LogP contribution in [0, 0.1) is 0 Å². The van der Waals surface area contributed by atoms with Gasteiger partial charge in [-0.3, -0.25) is 4.79 Å². The van der Waals surface area contributed by atoms with Crippen LogP contribution < -0.4 is 4.74 Å². The topological polar surface area (TPSA) is 49.8 Å². The number of ether oxygens (including phenoxy) is 1. The first kappa shape index (κ1) is 14.5. The van der Waals surface area contributed by atoms with Crippen LogP contribution in [0.4, 0.5) is 4.39 Å². The number of carbonyl (C=O) groups excluding carboxylic acids is 1. The number of likely N-dealkylation sites (tertiary alicyclic amines) is 1. The zero-order valence-electron chi connectivity index (χ0n) is 11.9. The highest BCUT2D eigenvalue weighted by molar-refractivity contribution is 5.94. The zero-order chi connectivity index (χ0) is 15.5. The molecule has 0 bridgehead atoms. The number of β-amino-alcohol motifs (C(OH)–C–C–N with tert-alkyl or cyclic N) is 1. The minimum atomic E-state index is -1.38. The van der Waals surface area contributed by atoms with Gasteiger partial charge in [0, 0.05) is 12.1 Å². The quantitative estimate of drug-likeness (QED) is 0.948. The molecule has 1 aliphatic heterocycles. The Kier molecular flexibility index (Phi) is 4.06. The minimum Gasteiger partial charge on any atom is -0.457 e. The summed E-state index contributed by atoms with van der Waals surface area (Å²) in [7, 11) is 0. The standard InChI is InChI=1S/C17H16FNO3/c18-15-10-19(11-16(15)20)17(21)12-5-4-8-14(9-12)22-13-6-2-1-3-7-13/h1-9,15-16,20H,10-11H2/t15-,16-/m1/s1. The number of aliphatic hydroxyl groups is 1. The Hall–Kier alpha value is -2.40. The van der Waals surface area contributed by atoms with Crippen LogP contribution in [0.5, 0.6) is 11.5 Å². The Bertz CT molecular complexity index is 652. The van der Waals surface area contributed by atoms with Crippen molar-refractivity contribution < 1.29 is 19.0 Å². The summed E-state index contributed by atoms with van der Waals surface area (Å²) in [6.07, 6.45) is -2.49. The van der Waals surface area contributed by atoms with E-state index in [0.29, 0.717) is 17.1 Å². The van der Waals surface area contributed by atoms with Crippen molar-refractivity contribution in [3.05, 3.63) is 60.2 Å². The molecule has 1 amide bonds. The summed E-state index contributed by atoms with van der Waals surface area (Å²) < 4.78 is 19.0. The maximum absolute atomic E-state index is 13.3. The lowest BCUT2D eigenvalue weighted by molar-refractivity contribution is 0.0764. The van der Waals surface area contributed by atoms with Crippen molar-refractivity contribution in [2.75, 3.05) is 13.1 Å². The fourth-order valence-electron chi connectivity index (χ4n) is 2.41. The predicted molar refractivity (Wildman–Crippen MR) is 79.8 cm³/mol. The second-order valence-corrected chi connectivity index (χ2v) is 5.24. The second kappa shape index (κ2) is 6.15. The molecule has 2 atom stereocenters. The number of hydrogen-bond donors (Lipinski definition) is 1. The third-order valence-corrected chi connectivity index (χ3v) is 3.57. The van der Waals surface area contributed by atoms with E-state index in [0.717, 1.165) is 0 Å². The molecule has 0 radical (unpaired) electrons. The van der Waals surface area contributed by atoms with Crippen LogP contribution in [0.15, 0.2) is 54.6 Å². The normalized spacial score (nSPS) is 20.9. The Morgan fingerprint density at radius 1 is 1.09 bits per heavy atom. The Morgan fingerprint density at radius 3 is 2.50 bits per heavy atom. The largest absolute Gasteiger partial charge is 0.457 e. The number of amides is 1. The molecule has 0 spiro atoms. The molecular formula is C17H16FNO3. The number of para-hydroxylation sites is 1. The molecule has 0 saturated carbocycles. The number of halogens is 1. The summed E-state index contributed by atoms with van der Waals surface area (Å²) in [5.41, 5.74) is 0.412. The molecule has 0 aromatic heterocycles. The number of nitrogens with zero attached hydrogens (tertiary/aromatic N) is 1. The molecule has 2 aromatic carbocycles. The lowest BCUT2D eigenvalue weighted by Gasteiger charge is -2.15. The van der Waals surface area contributed by atoms with Crippen LogP contribution in [0.25, 0.3) is 0 Å². The third kappa shape index (κ3) is 3.09. The molecule has 5 heteroatoms. The van der Waals surface area contributed by atoms with E-state index in [1.165, 1.54) is 4.90 Å². The fraction of sp³-hybridized carbons (Fsp3) is 0.235. The van der Waals surface area contributed by atoms with Gasteiger partial charge in [-0.2, -0.15) is 0 Å². The number of hydrogen-bond acceptors (Lipinski definition) is 3. The summed E-state index contributed by atoms with van der Waals surface area (Å²) in [5, 5.41) is 9.42. The van der Waals surface area contributed by atoms with Gasteiger partial charge in [0.2, 0.25) is 0 Å². The number of aliphatic hydroxyl groups excluding tert-OH is 1. The van der Waals surface area contributed by atoms with Gasteiger partial charge in [0.25, 0.3) is 5.91 Å². The number of alkyl halides is 1. The van der Waals surface area contributed by atoms with E-state index >= 15 is 0 Å². The SMILES string of the molecule is O=C(c1cccc(Oc2ccccc2)c1)N1C[C@@H](O)[C@H](F)C1. The minimum absolute atomic E-state index is 0.0176. The van der Waals surface area contributed by atoms with Crippen molar-refractivity contribution >= 4 is 5.91 Å². The maximum Gasteiger partial charge on any atom is 0.254 e. The van der Waals surface area contributed by atoms with Crippen molar-refractivity contribution in [3.8, 4) is 11.5 Å². The highest BCUT2D eigenvalue weighted by atomic mass is 19.1. The van der Waals surface area contributed by atoms with Gasteiger partial charge in [-0.25, -0.2) is 4.39 Å². The maximum atomic E-state index is 13.3. The molecule has 0 unspecified atom stereocenters. The summed E-state index contributed by atoms with van der Waals surface area (Å²) in [6, 6.07) is 16.0. The molecule has 22 heavy (non-hydrogen) atoms. The summed E-state index contributed by atoms with van der Waals surface area (Å²) in [6.45, 7) is -0.0620. The van der Waals surface area contributed by atoms with E-state index in [1.54, 1.807) is 24.3 Å². The number of benzene rings is 2. The van der Waals surface area contributed by atoms with Crippen molar-refractivity contribution in [2.45, 2.75) is 12.3 Å². The van der Waals surface area contributed by atoms with Crippen molar-refractivity contribution in [2.24, 2.45) is 0 Å². The van der Waals surface area contributed by atoms with Crippen molar-refractivity contribution in [3.63, 3.8) is 0 Å². The van der Waals surface area contributed by atoms with Crippen LogP contribution in [-0.4, -0.2) is 41.3 Å². The number of carbonyl (C=O) groups is 1. The summed E-state index contributed by atoms with van der Waals surface area (Å²) in [4.78, 5) is 13.7. The van der Waals surface area contributed by atoms with Crippen LogP contribution in [0.1, 0.15) is 10.4 Å². The molecule has 1 aliphatic rings. The molecule has 1 heterocycles. The van der Waals surface area contributed by atoms with Gasteiger partial charge >= 0.3 is 0 Å². The monoisotopic (exact) mass is 301 g/mol. The molecule has 1 saturated heterocycles.